The van der Waals surface area contributed by atoms with E-state index < -0.39 is 10.0 Å². The summed E-state index contributed by atoms with van der Waals surface area (Å²) in [6.45, 7) is 6.00. The first kappa shape index (κ1) is 15.0. The van der Waals surface area contributed by atoms with E-state index in [2.05, 4.69) is 4.72 Å². The van der Waals surface area contributed by atoms with Gasteiger partial charge in [0.15, 0.2) is 0 Å². The van der Waals surface area contributed by atoms with Crippen LogP contribution < -0.4 is 10.5 Å². The molecular formula is C14H18N2O2S2. The fraction of sp³-hybridized carbons (Fsp3) is 0.286. The second kappa shape index (κ2) is 5.55. The van der Waals surface area contributed by atoms with Crippen molar-refractivity contribution < 1.29 is 8.42 Å². The molecule has 0 unspecified atom stereocenters. The molecule has 0 aliphatic carbocycles. The van der Waals surface area contributed by atoms with Gasteiger partial charge in [0.1, 0.15) is 4.90 Å². The zero-order valence-corrected chi connectivity index (χ0v) is 13.4. The van der Waals surface area contributed by atoms with Crippen LogP contribution in [0.15, 0.2) is 29.2 Å². The molecule has 1 aromatic carbocycles. The molecule has 0 atom stereocenters. The molecule has 2 aromatic rings. The van der Waals surface area contributed by atoms with E-state index in [4.69, 9.17) is 5.73 Å². The van der Waals surface area contributed by atoms with Crippen molar-refractivity contribution in [2.45, 2.75) is 32.2 Å². The number of hydrogen-bond acceptors (Lipinski definition) is 4. The molecule has 0 bridgehead atoms. The lowest BCUT2D eigenvalue weighted by atomic mass is 10.1. The van der Waals surface area contributed by atoms with Gasteiger partial charge in [-0.15, -0.1) is 11.3 Å². The van der Waals surface area contributed by atoms with Crippen molar-refractivity contribution in [3.63, 3.8) is 0 Å². The molecule has 0 saturated heterocycles. The van der Waals surface area contributed by atoms with Gasteiger partial charge in [0.05, 0.1) is 5.69 Å². The van der Waals surface area contributed by atoms with Crippen LogP contribution in [0.5, 0.6) is 0 Å². The smallest absolute Gasteiger partial charge is 0.263 e. The largest absolute Gasteiger partial charge is 0.326 e. The quantitative estimate of drug-likeness (QED) is 0.912. The number of nitrogens with two attached hydrogens (primary N) is 1. The number of thiophene rings is 1. The summed E-state index contributed by atoms with van der Waals surface area (Å²) >= 11 is 1.41. The van der Waals surface area contributed by atoms with Crippen LogP contribution in [-0.4, -0.2) is 8.42 Å². The van der Waals surface area contributed by atoms with Gasteiger partial charge in [-0.3, -0.25) is 4.72 Å². The third-order valence-corrected chi connectivity index (χ3v) is 5.96. The molecule has 0 saturated carbocycles. The molecule has 1 aromatic heterocycles. The summed E-state index contributed by atoms with van der Waals surface area (Å²) in [4.78, 5) is 1.93. The summed E-state index contributed by atoms with van der Waals surface area (Å²) in [5.74, 6) is 0. The van der Waals surface area contributed by atoms with Crippen LogP contribution in [0.1, 0.15) is 20.9 Å². The van der Waals surface area contributed by atoms with Gasteiger partial charge in [-0.05, 0) is 44.0 Å². The van der Waals surface area contributed by atoms with Crippen LogP contribution in [0.2, 0.25) is 0 Å². The fourth-order valence-electron chi connectivity index (χ4n) is 1.95. The zero-order chi connectivity index (χ0) is 14.9. The molecule has 0 aliphatic rings. The summed E-state index contributed by atoms with van der Waals surface area (Å²) < 4.78 is 27.6. The highest BCUT2D eigenvalue weighted by Gasteiger charge is 2.20. The van der Waals surface area contributed by atoms with Crippen LogP contribution >= 0.6 is 11.3 Å². The maximum atomic E-state index is 12.5. The summed E-state index contributed by atoms with van der Waals surface area (Å²) in [6, 6.07) is 7.21. The first-order valence-electron chi connectivity index (χ1n) is 6.23. The Labute approximate surface area is 123 Å². The third kappa shape index (κ3) is 2.87. The minimum Gasteiger partial charge on any atom is -0.326 e. The van der Waals surface area contributed by atoms with Crippen LogP contribution in [0.25, 0.3) is 0 Å². The lowest BCUT2D eigenvalue weighted by molar-refractivity contribution is 0.601. The van der Waals surface area contributed by atoms with E-state index in [0.717, 1.165) is 20.9 Å². The number of benzene rings is 1. The minimum absolute atomic E-state index is 0.309. The summed E-state index contributed by atoms with van der Waals surface area (Å²) in [5, 5.41) is 0. The van der Waals surface area contributed by atoms with E-state index in [-0.39, 0.29) is 0 Å². The molecule has 0 spiro atoms. The molecule has 3 N–H and O–H groups in total. The molecule has 0 amide bonds. The van der Waals surface area contributed by atoms with Crippen LogP contribution in [0.3, 0.4) is 0 Å². The number of nitrogens with one attached hydrogen (secondary N) is 1. The average Bonchev–Trinajstić information content (AvgIpc) is 2.77. The predicted molar refractivity (Wildman–Crippen MR) is 83.7 cm³/mol. The first-order valence-corrected chi connectivity index (χ1v) is 8.53. The van der Waals surface area contributed by atoms with E-state index in [1.54, 1.807) is 19.1 Å². The fourth-order valence-corrected chi connectivity index (χ4v) is 4.59. The van der Waals surface area contributed by atoms with Crippen molar-refractivity contribution in [3.05, 3.63) is 45.1 Å². The topological polar surface area (TPSA) is 72.2 Å². The average molecular weight is 310 g/mol. The van der Waals surface area contributed by atoms with Crippen molar-refractivity contribution in [2.75, 3.05) is 4.72 Å². The van der Waals surface area contributed by atoms with Gasteiger partial charge in [0, 0.05) is 16.3 Å². The highest BCUT2D eigenvalue weighted by Crippen LogP contribution is 2.28. The Bertz CT molecular complexity index is 734. The van der Waals surface area contributed by atoms with Gasteiger partial charge >= 0.3 is 0 Å². The number of aryl methyl sites for hydroxylation is 2. The van der Waals surface area contributed by atoms with E-state index in [9.17, 15) is 8.42 Å². The monoisotopic (exact) mass is 310 g/mol. The first-order chi connectivity index (χ1) is 9.35. The predicted octanol–water partition coefficient (Wildman–Crippen LogP) is 2.93. The maximum absolute atomic E-state index is 12.5. The van der Waals surface area contributed by atoms with Gasteiger partial charge in [0.25, 0.3) is 10.0 Å². The summed E-state index contributed by atoms with van der Waals surface area (Å²) in [7, 11) is -3.57. The van der Waals surface area contributed by atoms with Crippen molar-refractivity contribution in [2.24, 2.45) is 5.73 Å². The highest BCUT2D eigenvalue weighted by molar-refractivity contribution is 7.93. The Morgan fingerprint density at radius 1 is 1.25 bits per heavy atom. The molecule has 6 heteroatoms. The van der Waals surface area contributed by atoms with Crippen LogP contribution in [-0.2, 0) is 16.6 Å². The number of anilines is 1. The van der Waals surface area contributed by atoms with E-state index in [1.165, 1.54) is 11.3 Å². The Morgan fingerprint density at radius 2 is 1.95 bits per heavy atom. The standard InChI is InChI=1S/C14H18N2O2S2/c1-9-5-4-6-13(10(9)2)16-20(17,18)14-7-12(8-15)19-11(14)3/h4-7,16H,8,15H2,1-3H3. The van der Waals surface area contributed by atoms with Crippen molar-refractivity contribution in [1.29, 1.82) is 0 Å². The van der Waals surface area contributed by atoms with Gasteiger partial charge in [-0.2, -0.15) is 0 Å². The molecule has 4 nitrogen and oxygen atoms in total. The molecular weight excluding hydrogens is 292 g/mol. The summed E-state index contributed by atoms with van der Waals surface area (Å²) in [5.41, 5.74) is 8.17. The molecule has 1 heterocycles. The SMILES string of the molecule is Cc1cccc(NS(=O)(=O)c2cc(CN)sc2C)c1C. The van der Waals surface area contributed by atoms with E-state index in [0.29, 0.717) is 17.1 Å². The maximum Gasteiger partial charge on any atom is 0.263 e. The Balaban J connectivity index is 2.40. The lowest BCUT2D eigenvalue weighted by Gasteiger charge is -2.11. The van der Waals surface area contributed by atoms with Crippen LogP contribution in [0.4, 0.5) is 5.69 Å². The molecule has 108 valence electrons. The highest BCUT2D eigenvalue weighted by atomic mass is 32.2. The van der Waals surface area contributed by atoms with Gasteiger partial charge in [0.2, 0.25) is 0 Å². The molecule has 0 radical (unpaired) electrons. The van der Waals surface area contributed by atoms with Gasteiger partial charge < -0.3 is 5.73 Å². The molecule has 2 rings (SSSR count). The second-order valence-electron chi connectivity index (χ2n) is 4.69. The van der Waals surface area contributed by atoms with Crippen LogP contribution in [0, 0.1) is 20.8 Å². The minimum atomic E-state index is -3.57. The van der Waals surface area contributed by atoms with Crippen molar-refractivity contribution in [3.8, 4) is 0 Å². The second-order valence-corrected chi connectivity index (χ2v) is 7.68. The van der Waals surface area contributed by atoms with E-state index >= 15 is 0 Å². The molecule has 0 fully saturated rings. The molecule has 20 heavy (non-hydrogen) atoms. The van der Waals surface area contributed by atoms with Crippen molar-refractivity contribution in [1.82, 2.24) is 0 Å². The Hall–Kier alpha value is -1.37. The lowest BCUT2D eigenvalue weighted by Crippen LogP contribution is -2.14. The van der Waals surface area contributed by atoms with E-state index in [1.807, 2.05) is 26.0 Å². The third-order valence-electron chi connectivity index (χ3n) is 3.26. The van der Waals surface area contributed by atoms with Gasteiger partial charge in [-0.1, -0.05) is 12.1 Å². The zero-order valence-electron chi connectivity index (χ0n) is 11.7. The van der Waals surface area contributed by atoms with Gasteiger partial charge in [-0.25, -0.2) is 8.42 Å². The number of rotatable bonds is 4. The number of sulfonamides is 1. The normalized spacial score (nSPS) is 11.6. The molecule has 0 aliphatic heterocycles. The number of hydrogen-bond donors (Lipinski definition) is 2. The Morgan fingerprint density at radius 3 is 2.55 bits per heavy atom. The Kier molecular flexibility index (Phi) is 4.17. The van der Waals surface area contributed by atoms with Crippen molar-refractivity contribution >= 4 is 27.0 Å². The summed E-state index contributed by atoms with van der Waals surface area (Å²) in [6.07, 6.45) is 0.